The minimum atomic E-state index is 0.0756. The first-order chi connectivity index (χ1) is 21.4. The SMILES string of the molecule is CC(C)(C)c1ccc(OCCCn2c(CCCCCNC(=O)Cc3ccc(-c4ccccc4)cc3)nc3ccccc32)cc1. The molecule has 5 aromatic rings. The number of nitrogens with zero attached hydrogens (tertiary/aromatic N) is 2. The highest BCUT2D eigenvalue weighted by Gasteiger charge is 2.13. The van der Waals surface area contributed by atoms with Gasteiger partial charge in [-0.2, -0.15) is 0 Å². The number of amides is 1. The Hall–Kier alpha value is -4.38. The number of aryl methyl sites for hydroxylation is 2. The number of carbonyl (C=O) groups excluding carboxylic acids is 1. The number of unbranched alkanes of at least 4 members (excludes halogenated alkanes) is 2. The molecule has 0 aliphatic carbocycles. The van der Waals surface area contributed by atoms with Crippen LogP contribution in [0.1, 0.15) is 63.4 Å². The number of hydrogen-bond donors (Lipinski definition) is 1. The van der Waals surface area contributed by atoms with E-state index >= 15 is 0 Å². The standard InChI is InChI=1S/C39H45N3O2/c1-39(2,3)33-22-24-34(25-23-33)44-28-12-27-42-36-16-10-9-15-35(36)41-37(42)17-8-5-11-26-40-38(43)29-30-18-20-32(21-19-30)31-13-6-4-7-14-31/h4,6-7,9-10,13-16,18-25H,5,8,11-12,17,26-29H2,1-3H3,(H,40,43). The van der Waals surface area contributed by atoms with Crippen molar-refractivity contribution in [2.24, 2.45) is 0 Å². The van der Waals surface area contributed by atoms with Gasteiger partial charge < -0.3 is 14.6 Å². The number of imidazole rings is 1. The summed E-state index contributed by atoms with van der Waals surface area (Å²) in [5, 5.41) is 3.09. The van der Waals surface area contributed by atoms with E-state index in [-0.39, 0.29) is 11.3 Å². The van der Waals surface area contributed by atoms with E-state index in [1.807, 2.05) is 36.4 Å². The maximum atomic E-state index is 12.5. The number of para-hydroxylation sites is 2. The van der Waals surface area contributed by atoms with Crippen molar-refractivity contribution in [2.75, 3.05) is 13.2 Å². The molecule has 44 heavy (non-hydrogen) atoms. The number of ether oxygens (including phenoxy) is 1. The maximum absolute atomic E-state index is 12.5. The number of benzene rings is 4. The zero-order valence-corrected chi connectivity index (χ0v) is 26.4. The summed E-state index contributed by atoms with van der Waals surface area (Å²) >= 11 is 0. The van der Waals surface area contributed by atoms with Gasteiger partial charge in [0.25, 0.3) is 0 Å². The Morgan fingerprint density at radius 3 is 2.23 bits per heavy atom. The van der Waals surface area contributed by atoms with Crippen molar-refractivity contribution in [3.05, 3.63) is 120 Å². The molecular weight excluding hydrogens is 542 g/mol. The number of aromatic nitrogens is 2. The van der Waals surface area contributed by atoms with Crippen molar-refractivity contribution in [1.29, 1.82) is 0 Å². The van der Waals surface area contributed by atoms with E-state index in [0.717, 1.165) is 61.3 Å². The number of carbonyl (C=O) groups is 1. The lowest BCUT2D eigenvalue weighted by molar-refractivity contribution is -0.120. The summed E-state index contributed by atoms with van der Waals surface area (Å²) in [4.78, 5) is 17.5. The molecule has 0 unspecified atom stereocenters. The predicted octanol–water partition coefficient (Wildman–Crippen LogP) is 8.54. The summed E-state index contributed by atoms with van der Waals surface area (Å²) in [5.41, 5.74) is 7.06. The second-order valence-electron chi connectivity index (χ2n) is 12.5. The van der Waals surface area contributed by atoms with Crippen LogP contribution in [0.25, 0.3) is 22.2 Å². The summed E-state index contributed by atoms with van der Waals surface area (Å²) in [6, 6.07) is 35.4. The lowest BCUT2D eigenvalue weighted by atomic mass is 9.87. The summed E-state index contributed by atoms with van der Waals surface area (Å²) in [5.74, 6) is 2.12. The summed E-state index contributed by atoms with van der Waals surface area (Å²) in [6.45, 7) is 8.91. The molecule has 4 aromatic carbocycles. The fraction of sp³-hybridized carbons (Fsp3) is 0.333. The second kappa shape index (κ2) is 14.9. The Bertz CT molecular complexity index is 1610. The number of hydrogen-bond acceptors (Lipinski definition) is 3. The van der Waals surface area contributed by atoms with Gasteiger partial charge in [0.05, 0.1) is 24.1 Å². The second-order valence-corrected chi connectivity index (χ2v) is 12.5. The van der Waals surface area contributed by atoms with E-state index in [9.17, 15) is 4.79 Å². The molecular formula is C39H45N3O2. The van der Waals surface area contributed by atoms with Crippen molar-refractivity contribution >= 4 is 16.9 Å². The average molecular weight is 588 g/mol. The monoisotopic (exact) mass is 587 g/mol. The Morgan fingerprint density at radius 1 is 0.773 bits per heavy atom. The summed E-state index contributed by atoms with van der Waals surface area (Å²) in [6.07, 6.45) is 5.28. The van der Waals surface area contributed by atoms with E-state index in [0.29, 0.717) is 19.6 Å². The first-order valence-corrected chi connectivity index (χ1v) is 16.0. The normalized spacial score (nSPS) is 11.5. The topological polar surface area (TPSA) is 56.1 Å². The zero-order valence-electron chi connectivity index (χ0n) is 26.4. The molecule has 0 aliphatic rings. The summed E-state index contributed by atoms with van der Waals surface area (Å²) < 4.78 is 8.41. The van der Waals surface area contributed by atoms with Gasteiger partial charge in [0.15, 0.2) is 0 Å². The number of rotatable bonds is 14. The molecule has 5 heteroatoms. The van der Waals surface area contributed by atoms with Gasteiger partial charge >= 0.3 is 0 Å². The highest BCUT2D eigenvalue weighted by Crippen LogP contribution is 2.25. The van der Waals surface area contributed by atoms with Crippen LogP contribution < -0.4 is 10.1 Å². The molecule has 0 saturated heterocycles. The smallest absolute Gasteiger partial charge is 0.224 e. The quantitative estimate of drug-likeness (QED) is 0.133. The van der Waals surface area contributed by atoms with Crippen molar-refractivity contribution < 1.29 is 9.53 Å². The fourth-order valence-corrected chi connectivity index (χ4v) is 5.54. The molecule has 0 atom stereocenters. The molecule has 0 aliphatic heterocycles. The molecule has 228 valence electrons. The number of nitrogens with one attached hydrogen (secondary N) is 1. The maximum Gasteiger partial charge on any atom is 0.224 e. The van der Waals surface area contributed by atoms with E-state index < -0.39 is 0 Å². The molecule has 5 nitrogen and oxygen atoms in total. The van der Waals surface area contributed by atoms with Gasteiger partial charge in [-0.3, -0.25) is 4.79 Å². The molecule has 1 heterocycles. The zero-order chi connectivity index (χ0) is 30.8. The molecule has 1 aromatic heterocycles. The fourth-order valence-electron chi connectivity index (χ4n) is 5.54. The lowest BCUT2D eigenvalue weighted by Gasteiger charge is -2.19. The van der Waals surface area contributed by atoms with Gasteiger partial charge in [-0.05, 0) is 71.2 Å². The van der Waals surface area contributed by atoms with E-state index in [1.54, 1.807) is 0 Å². The Balaban J connectivity index is 1.03. The van der Waals surface area contributed by atoms with E-state index in [1.165, 1.54) is 22.2 Å². The van der Waals surface area contributed by atoms with Gasteiger partial charge in [0, 0.05) is 19.5 Å². The van der Waals surface area contributed by atoms with Crippen LogP contribution in [0.2, 0.25) is 0 Å². The van der Waals surface area contributed by atoms with Crippen LogP contribution in [0.3, 0.4) is 0 Å². The minimum absolute atomic E-state index is 0.0756. The Labute approximate surface area is 262 Å². The third-order valence-electron chi connectivity index (χ3n) is 8.07. The van der Waals surface area contributed by atoms with Crippen LogP contribution in [0.5, 0.6) is 5.75 Å². The van der Waals surface area contributed by atoms with Crippen LogP contribution in [0.15, 0.2) is 103 Å². The highest BCUT2D eigenvalue weighted by molar-refractivity contribution is 5.79. The van der Waals surface area contributed by atoms with Gasteiger partial charge in [-0.25, -0.2) is 4.98 Å². The number of fused-ring (bicyclic) bond motifs is 1. The van der Waals surface area contributed by atoms with Crippen LogP contribution in [-0.2, 0) is 29.6 Å². The minimum Gasteiger partial charge on any atom is -0.494 e. The molecule has 0 fully saturated rings. The Kier molecular flexibility index (Phi) is 10.5. The first kappa shape index (κ1) is 31.1. The third-order valence-corrected chi connectivity index (χ3v) is 8.07. The molecule has 0 spiro atoms. The molecule has 0 saturated carbocycles. The molecule has 0 radical (unpaired) electrons. The molecule has 1 amide bonds. The van der Waals surface area contributed by atoms with Crippen molar-refractivity contribution in [2.45, 2.75) is 71.3 Å². The molecule has 5 rings (SSSR count). The van der Waals surface area contributed by atoms with Crippen molar-refractivity contribution in [3.63, 3.8) is 0 Å². The van der Waals surface area contributed by atoms with Gasteiger partial charge in [0.1, 0.15) is 11.6 Å². The average Bonchev–Trinajstić information content (AvgIpc) is 3.38. The third kappa shape index (κ3) is 8.59. The van der Waals surface area contributed by atoms with Crippen LogP contribution in [0.4, 0.5) is 0 Å². The van der Waals surface area contributed by atoms with E-state index in [2.05, 4.69) is 97.4 Å². The van der Waals surface area contributed by atoms with Crippen molar-refractivity contribution in [1.82, 2.24) is 14.9 Å². The van der Waals surface area contributed by atoms with Crippen molar-refractivity contribution in [3.8, 4) is 16.9 Å². The van der Waals surface area contributed by atoms with Crippen LogP contribution in [0, 0.1) is 0 Å². The van der Waals surface area contributed by atoms with Crippen LogP contribution in [-0.4, -0.2) is 28.6 Å². The predicted molar refractivity (Wildman–Crippen MR) is 181 cm³/mol. The van der Waals surface area contributed by atoms with Crippen LogP contribution >= 0.6 is 0 Å². The molecule has 1 N–H and O–H groups in total. The van der Waals surface area contributed by atoms with Gasteiger partial charge in [0.2, 0.25) is 5.91 Å². The lowest BCUT2D eigenvalue weighted by Crippen LogP contribution is -2.26. The first-order valence-electron chi connectivity index (χ1n) is 16.0. The largest absolute Gasteiger partial charge is 0.494 e. The Morgan fingerprint density at radius 2 is 1.48 bits per heavy atom. The highest BCUT2D eigenvalue weighted by atomic mass is 16.5. The van der Waals surface area contributed by atoms with E-state index in [4.69, 9.17) is 9.72 Å². The van der Waals surface area contributed by atoms with Gasteiger partial charge in [-0.1, -0.05) is 106 Å². The summed E-state index contributed by atoms with van der Waals surface area (Å²) in [7, 11) is 0. The molecule has 0 bridgehead atoms. The van der Waals surface area contributed by atoms with Gasteiger partial charge in [-0.15, -0.1) is 0 Å².